The van der Waals surface area contributed by atoms with Gasteiger partial charge in [0.1, 0.15) is 0 Å². The lowest BCUT2D eigenvalue weighted by Crippen LogP contribution is -2.40. The summed E-state index contributed by atoms with van der Waals surface area (Å²) in [7, 11) is 0. The highest BCUT2D eigenvalue weighted by Gasteiger charge is 2.29. The smallest absolute Gasteiger partial charge is 0.00964 e. The van der Waals surface area contributed by atoms with Crippen LogP contribution in [0.25, 0.3) is 0 Å². The lowest BCUT2D eigenvalue weighted by atomic mass is 10.1. The average Bonchev–Trinajstić information content (AvgIpc) is 2.88. The van der Waals surface area contributed by atoms with E-state index in [-0.39, 0.29) is 0 Å². The summed E-state index contributed by atoms with van der Waals surface area (Å²) in [4.78, 5) is 2.71. The van der Waals surface area contributed by atoms with E-state index in [1.807, 2.05) is 0 Å². The van der Waals surface area contributed by atoms with E-state index in [0.29, 0.717) is 0 Å². The Labute approximate surface area is 81.7 Å². The summed E-state index contributed by atoms with van der Waals surface area (Å²) < 4.78 is 0. The average molecular weight is 182 g/mol. The van der Waals surface area contributed by atoms with Crippen LogP contribution in [0.2, 0.25) is 0 Å². The molecule has 1 unspecified atom stereocenters. The van der Waals surface area contributed by atoms with Gasteiger partial charge < -0.3 is 10.2 Å². The van der Waals surface area contributed by atoms with E-state index in [9.17, 15) is 0 Å². The minimum Gasteiger partial charge on any atom is -0.314 e. The number of nitrogens with zero attached hydrogens (tertiary/aromatic N) is 1. The predicted octanol–water partition coefficient (Wildman–Crippen LogP) is 1.61. The maximum absolute atomic E-state index is 3.62. The first kappa shape index (κ1) is 9.47. The molecule has 2 heteroatoms. The highest BCUT2D eigenvalue weighted by molar-refractivity contribution is 4.86. The molecule has 1 aliphatic carbocycles. The summed E-state index contributed by atoms with van der Waals surface area (Å²) in [6.45, 7) is 6.17. The fourth-order valence-corrected chi connectivity index (χ4v) is 2.28. The Bertz CT molecular complexity index is 154. The van der Waals surface area contributed by atoms with Gasteiger partial charge in [0, 0.05) is 12.1 Å². The van der Waals surface area contributed by atoms with Gasteiger partial charge in [0.2, 0.25) is 0 Å². The topological polar surface area (TPSA) is 15.3 Å². The van der Waals surface area contributed by atoms with Crippen molar-refractivity contribution in [2.45, 2.75) is 51.1 Å². The molecule has 76 valence electrons. The van der Waals surface area contributed by atoms with E-state index >= 15 is 0 Å². The normalized spacial score (nSPS) is 32.5. The van der Waals surface area contributed by atoms with Crippen molar-refractivity contribution in [1.82, 2.24) is 10.2 Å². The van der Waals surface area contributed by atoms with Crippen LogP contribution in [0, 0.1) is 0 Å². The van der Waals surface area contributed by atoms with Gasteiger partial charge in [0.15, 0.2) is 0 Å². The maximum Gasteiger partial charge on any atom is 0.00964 e. The Kier molecular flexibility index (Phi) is 3.23. The molecule has 1 heterocycles. The SMILES string of the molecule is CCC1CCN(C2CC2)CCCN1. The van der Waals surface area contributed by atoms with Crippen molar-refractivity contribution in [3.05, 3.63) is 0 Å². The zero-order valence-electron chi connectivity index (χ0n) is 8.76. The van der Waals surface area contributed by atoms with Gasteiger partial charge in [-0.05, 0) is 51.7 Å². The van der Waals surface area contributed by atoms with Crippen LogP contribution in [0.5, 0.6) is 0 Å². The fraction of sp³-hybridized carbons (Fsp3) is 1.00. The Morgan fingerprint density at radius 2 is 2.08 bits per heavy atom. The number of hydrogen-bond acceptors (Lipinski definition) is 2. The maximum atomic E-state index is 3.62. The Morgan fingerprint density at radius 1 is 1.23 bits per heavy atom. The van der Waals surface area contributed by atoms with Gasteiger partial charge in [-0.3, -0.25) is 0 Å². The number of hydrogen-bond donors (Lipinski definition) is 1. The minimum atomic E-state index is 0.779. The molecule has 1 N–H and O–H groups in total. The molecule has 0 spiro atoms. The highest BCUT2D eigenvalue weighted by Crippen LogP contribution is 2.27. The lowest BCUT2D eigenvalue weighted by molar-refractivity contribution is 0.223. The van der Waals surface area contributed by atoms with Crippen molar-refractivity contribution >= 4 is 0 Å². The molecule has 0 aromatic rings. The van der Waals surface area contributed by atoms with Crippen LogP contribution in [-0.4, -0.2) is 36.6 Å². The molecule has 1 saturated carbocycles. The first-order chi connectivity index (χ1) is 6.40. The van der Waals surface area contributed by atoms with Crippen molar-refractivity contribution < 1.29 is 0 Å². The van der Waals surface area contributed by atoms with Gasteiger partial charge >= 0.3 is 0 Å². The second-order valence-corrected chi connectivity index (χ2v) is 4.47. The van der Waals surface area contributed by atoms with E-state index in [2.05, 4.69) is 17.1 Å². The van der Waals surface area contributed by atoms with Gasteiger partial charge in [0.05, 0.1) is 0 Å². The van der Waals surface area contributed by atoms with Crippen LogP contribution >= 0.6 is 0 Å². The molecule has 0 aromatic heterocycles. The van der Waals surface area contributed by atoms with Crippen LogP contribution in [-0.2, 0) is 0 Å². The summed E-state index contributed by atoms with van der Waals surface area (Å²) in [5, 5.41) is 3.62. The van der Waals surface area contributed by atoms with E-state index in [1.54, 1.807) is 0 Å². The minimum absolute atomic E-state index is 0.779. The molecule has 0 radical (unpaired) electrons. The molecule has 0 amide bonds. The highest BCUT2D eigenvalue weighted by atomic mass is 15.2. The van der Waals surface area contributed by atoms with Gasteiger partial charge in [-0.15, -0.1) is 0 Å². The van der Waals surface area contributed by atoms with Crippen molar-refractivity contribution in [2.75, 3.05) is 19.6 Å². The molecule has 2 aliphatic rings. The molecule has 1 saturated heterocycles. The van der Waals surface area contributed by atoms with Crippen LogP contribution < -0.4 is 5.32 Å². The summed E-state index contributed by atoms with van der Waals surface area (Å²) in [5.41, 5.74) is 0. The zero-order valence-corrected chi connectivity index (χ0v) is 8.76. The van der Waals surface area contributed by atoms with Crippen molar-refractivity contribution in [1.29, 1.82) is 0 Å². The Morgan fingerprint density at radius 3 is 2.77 bits per heavy atom. The van der Waals surface area contributed by atoms with Crippen LogP contribution in [0.1, 0.15) is 39.0 Å². The largest absolute Gasteiger partial charge is 0.314 e. The second-order valence-electron chi connectivity index (χ2n) is 4.47. The van der Waals surface area contributed by atoms with Crippen LogP contribution in [0.3, 0.4) is 0 Å². The van der Waals surface area contributed by atoms with Gasteiger partial charge in [0.25, 0.3) is 0 Å². The van der Waals surface area contributed by atoms with Crippen molar-refractivity contribution in [3.63, 3.8) is 0 Å². The first-order valence-electron chi connectivity index (χ1n) is 5.87. The van der Waals surface area contributed by atoms with E-state index in [1.165, 1.54) is 51.7 Å². The molecule has 13 heavy (non-hydrogen) atoms. The molecular formula is C11H22N2. The molecule has 2 rings (SSSR count). The predicted molar refractivity (Wildman–Crippen MR) is 55.9 cm³/mol. The lowest BCUT2D eigenvalue weighted by Gasteiger charge is -2.28. The third-order valence-electron chi connectivity index (χ3n) is 3.38. The quantitative estimate of drug-likeness (QED) is 0.698. The van der Waals surface area contributed by atoms with Crippen molar-refractivity contribution in [2.24, 2.45) is 0 Å². The van der Waals surface area contributed by atoms with E-state index in [4.69, 9.17) is 0 Å². The molecule has 1 atom stereocenters. The first-order valence-corrected chi connectivity index (χ1v) is 5.87. The molecule has 0 bridgehead atoms. The van der Waals surface area contributed by atoms with Gasteiger partial charge in [-0.2, -0.15) is 0 Å². The third-order valence-corrected chi connectivity index (χ3v) is 3.38. The molecule has 1 aliphatic heterocycles. The van der Waals surface area contributed by atoms with Crippen LogP contribution in [0.4, 0.5) is 0 Å². The van der Waals surface area contributed by atoms with E-state index < -0.39 is 0 Å². The number of nitrogens with one attached hydrogen (secondary N) is 1. The Balaban J connectivity index is 1.79. The third kappa shape index (κ3) is 2.68. The summed E-state index contributed by atoms with van der Waals surface area (Å²) in [6.07, 6.45) is 6.91. The number of rotatable bonds is 2. The summed E-state index contributed by atoms with van der Waals surface area (Å²) >= 11 is 0. The molecule has 0 aromatic carbocycles. The van der Waals surface area contributed by atoms with Gasteiger partial charge in [-0.1, -0.05) is 6.92 Å². The second kappa shape index (κ2) is 4.43. The molecular weight excluding hydrogens is 160 g/mol. The molecule has 2 nitrogen and oxygen atoms in total. The van der Waals surface area contributed by atoms with Crippen LogP contribution in [0.15, 0.2) is 0 Å². The standard InChI is InChI=1S/C11H22N2/c1-2-10-6-9-13(11-4-5-11)8-3-7-12-10/h10-12H,2-9H2,1H3. The Hall–Kier alpha value is -0.0800. The fourth-order valence-electron chi connectivity index (χ4n) is 2.28. The van der Waals surface area contributed by atoms with Gasteiger partial charge in [-0.25, -0.2) is 0 Å². The van der Waals surface area contributed by atoms with Crippen molar-refractivity contribution in [3.8, 4) is 0 Å². The summed E-state index contributed by atoms with van der Waals surface area (Å²) in [6, 6.07) is 1.75. The summed E-state index contributed by atoms with van der Waals surface area (Å²) in [5.74, 6) is 0. The molecule has 2 fully saturated rings. The monoisotopic (exact) mass is 182 g/mol. The zero-order chi connectivity index (χ0) is 9.10. The van der Waals surface area contributed by atoms with E-state index in [0.717, 1.165) is 12.1 Å².